The number of morpholine rings is 1. The van der Waals surface area contributed by atoms with Crippen molar-refractivity contribution in [2.75, 3.05) is 39.4 Å². The number of alkyl halides is 3. The summed E-state index contributed by atoms with van der Waals surface area (Å²) < 4.78 is 50.1. The van der Waals surface area contributed by atoms with Gasteiger partial charge in [0.2, 0.25) is 0 Å². The summed E-state index contributed by atoms with van der Waals surface area (Å²) in [5.41, 5.74) is 0.949. The molecule has 1 aromatic carbocycles. The molecule has 2 aromatic rings. The first-order chi connectivity index (χ1) is 15.2. The Hall–Kier alpha value is -2.55. The predicted molar refractivity (Wildman–Crippen MR) is 111 cm³/mol. The number of likely N-dealkylation sites (tertiary alicyclic amines) is 1. The minimum atomic E-state index is -4.38. The van der Waals surface area contributed by atoms with Crippen molar-refractivity contribution in [3.63, 3.8) is 0 Å². The third kappa shape index (κ3) is 4.92. The van der Waals surface area contributed by atoms with Gasteiger partial charge in [-0.2, -0.15) is 13.2 Å². The lowest BCUT2D eigenvalue weighted by molar-refractivity contribution is -0.137. The lowest BCUT2D eigenvalue weighted by atomic mass is 9.84. The minimum Gasteiger partial charge on any atom is -0.448 e. The second-order valence-electron chi connectivity index (χ2n) is 8.80. The van der Waals surface area contributed by atoms with Crippen LogP contribution < -0.4 is 0 Å². The van der Waals surface area contributed by atoms with Crippen LogP contribution in [-0.4, -0.2) is 60.2 Å². The van der Waals surface area contributed by atoms with Gasteiger partial charge in [-0.1, -0.05) is 26.0 Å². The molecule has 0 radical (unpaired) electrons. The molecule has 2 amide bonds. The van der Waals surface area contributed by atoms with Crippen LogP contribution in [0.2, 0.25) is 0 Å². The van der Waals surface area contributed by atoms with Gasteiger partial charge in [0.15, 0.2) is 5.89 Å². The van der Waals surface area contributed by atoms with E-state index >= 15 is 0 Å². The second-order valence-corrected chi connectivity index (χ2v) is 8.80. The van der Waals surface area contributed by atoms with E-state index in [0.717, 1.165) is 23.4 Å². The van der Waals surface area contributed by atoms with Crippen molar-refractivity contribution in [2.24, 2.45) is 0 Å². The van der Waals surface area contributed by atoms with E-state index in [-0.39, 0.29) is 23.8 Å². The molecule has 0 spiro atoms. The Kier molecular flexibility index (Phi) is 6.46. The molecule has 2 unspecified atom stereocenters. The van der Waals surface area contributed by atoms with Crippen LogP contribution in [0.1, 0.15) is 60.7 Å². The molecule has 1 aromatic heterocycles. The fourth-order valence-corrected chi connectivity index (χ4v) is 4.33. The summed E-state index contributed by atoms with van der Waals surface area (Å²) in [6.45, 7) is 7.03. The van der Waals surface area contributed by atoms with E-state index in [9.17, 15) is 18.0 Å². The molecule has 32 heavy (non-hydrogen) atoms. The number of oxazole rings is 1. The Morgan fingerprint density at radius 1 is 1.06 bits per heavy atom. The number of rotatable bonds is 3. The number of aromatic nitrogens is 1. The van der Waals surface area contributed by atoms with Gasteiger partial charge in [0.05, 0.1) is 30.4 Å². The monoisotopic (exact) mass is 451 g/mol. The summed E-state index contributed by atoms with van der Waals surface area (Å²) in [5.74, 6) is 0.543. The van der Waals surface area contributed by atoms with Gasteiger partial charge in [-0.15, -0.1) is 0 Å². The Morgan fingerprint density at radius 2 is 1.72 bits per heavy atom. The molecule has 0 N–H and O–H groups in total. The van der Waals surface area contributed by atoms with Crippen molar-refractivity contribution in [1.82, 2.24) is 14.8 Å². The molecule has 2 fully saturated rings. The smallest absolute Gasteiger partial charge is 0.416 e. The van der Waals surface area contributed by atoms with Gasteiger partial charge in [-0.3, -0.25) is 0 Å². The van der Waals surface area contributed by atoms with Crippen LogP contribution in [0.15, 0.2) is 34.9 Å². The van der Waals surface area contributed by atoms with Gasteiger partial charge >= 0.3 is 12.2 Å². The lowest BCUT2D eigenvalue weighted by Gasteiger charge is -2.40. The summed E-state index contributed by atoms with van der Waals surface area (Å²) >= 11 is 0. The van der Waals surface area contributed by atoms with Gasteiger partial charge < -0.3 is 19.0 Å². The van der Waals surface area contributed by atoms with Crippen molar-refractivity contribution in [3.8, 4) is 0 Å². The van der Waals surface area contributed by atoms with E-state index in [4.69, 9.17) is 9.15 Å². The van der Waals surface area contributed by atoms with Crippen molar-refractivity contribution in [1.29, 1.82) is 0 Å². The highest BCUT2D eigenvalue weighted by molar-refractivity contribution is 5.75. The maximum atomic E-state index is 13.2. The summed E-state index contributed by atoms with van der Waals surface area (Å²) in [6.07, 6.45) is -2.08. The molecule has 0 bridgehead atoms. The second kappa shape index (κ2) is 9.13. The summed E-state index contributed by atoms with van der Waals surface area (Å²) in [4.78, 5) is 21.4. The molecule has 2 saturated heterocycles. The number of ether oxygens (including phenoxy) is 1. The minimum absolute atomic E-state index is 0.0782. The Balaban J connectivity index is 1.59. The van der Waals surface area contributed by atoms with Crippen molar-refractivity contribution in [3.05, 3.63) is 53.2 Å². The normalized spacial score (nSPS) is 22.4. The van der Waals surface area contributed by atoms with Crippen LogP contribution in [0.4, 0.5) is 18.0 Å². The van der Waals surface area contributed by atoms with Crippen LogP contribution in [0.5, 0.6) is 0 Å². The summed E-state index contributed by atoms with van der Waals surface area (Å²) in [5, 5.41) is 0. The number of piperidine rings is 1. The number of hydrogen-bond donors (Lipinski definition) is 0. The maximum Gasteiger partial charge on any atom is 0.416 e. The Morgan fingerprint density at radius 3 is 2.31 bits per heavy atom. The summed E-state index contributed by atoms with van der Waals surface area (Å²) in [6, 6.07) is 5.17. The standard InChI is InChI=1S/C23H28F3N3O3/c1-15(2)20-14-32-21(27-20)18-11-17(16-3-5-19(6-4-16)23(24,25)26)12-29(13-18)22(30)28-7-9-31-10-8-28/h3-6,14-15,17-18H,7-13H2,1-2H3. The number of urea groups is 1. The number of amides is 2. The number of nitrogens with zero attached hydrogens (tertiary/aromatic N) is 3. The zero-order valence-electron chi connectivity index (χ0n) is 18.3. The van der Waals surface area contributed by atoms with Gasteiger partial charge in [-0.05, 0) is 30.0 Å². The first-order valence-electron chi connectivity index (χ1n) is 11.0. The van der Waals surface area contributed by atoms with Gasteiger partial charge in [-0.25, -0.2) is 9.78 Å². The van der Waals surface area contributed by atoms with Crippen LogP contribution >= 0.6 is 0 Å². The molecule has 2 atom stereocenters. The van der Waals surface area contributed by atoms with Crippen LogP contribution in [-0.2, 0) is 10.9 Å². The quantitative estimate of drug-likeness (QED) is 0.670. The van der Waals surface area contributed by atoms with Crippen LogP contribution in [0.25, 0.3) is 0 Å². The SMILES string of the molecule is CC(C)c1coc(C2CC(c3ccc(C(F)(F)F)cc3)CN(C(=O)N3CCOCC3)C2)n1. The zero-order valence-corrected chi connectivity index (χ0v) is 18.3. The van der Waals surface area contributed by atoms with Crippen molar-refractivity contribution < 1.29 is 27.1 Å². The number of benzene rings is 1. The highest BCUT2D eigenvalue weighted by Crippen LogP contribution is 2.38. The number of carbonyl (C=O) groups is 1. The molecular weight excluding hydrogens is 423 g/mol. The van der Waals surface area contributed by atoms with E-state index in [1.807, 2.05) is 13.8 Å². The fraction of sp³-hybridized carbons (Fsp3) is 0.565. The lowest BCUT2D eigenvalue weighted by Crippen LogP contribution is -2.52. The topological polar surface area (TPSA) is 58.8 Å². The van der Waals surface area contributed by atoms with Crippen LogP contribution in [0.3, 0.4) is 0 Å². The molecule has 6 nitrogen and oxygen atoms in total. The third-order valence-electron chi connectivity index (χ3n) is 6.19. The molecule has 174 valence electrons. The molecular formula is C23H28F3N3O3. The van der Waals surface area contributed by atoms with E-state index in [1.54, 1.807) is 16.1 Å². The molecule has 4 rings (SSSR count). The van der Waals surface area contributed by atoms with Gasteiger partial charge in [0.25, 0.3) is 0 Å². The molecule has 9 heteroatoms. The largest absolute Gasteiger partial charge is 0.448 e. The average molecular weight is 451 g/mol. The van der Waals surface area contributed by atoms with Gasteiger partial charge in [0, 0.05) is 32.1 Å². The van der Waals surface area contributed by atoms with E-state index < -0.39 is 11.7 Å². The Bertz CT molecular complexity index is 921. The Labute approximate surface area is 185 Å². The molecule has 0 aliphatic carbocycles. The van der Waals surface area contributed by atoms with E-state index in [0.29, 0.717) is 51.7 Å². The highest BCUT2D eigenvalue weighted by atomic mass is 19.4. The number of halogens is 3. The number of carbonyl (C=O) groups excluding carboxylic acids is 1. The third-order valence-corrected chi connectivity index (χ3v) is 6.19. The van der Waals surface area contributed by atoms with Crippen LogP contribution in [0, 0.1) is 0 Å². The molecule has 2 aliphatic rings. The zero-order chi connectivity index (χ0) is 22.9. The molecule has 0 saturated carbocycles. The first kappa shape index (κ1) is 22.6. The summed E-state index contributed by atoms with van der Waals surface area (Å²) in [7, 11) is 0. The predicted octanol–water partition coefficient (Wildman–Crippen LogP) is 4.84. The van der Waals surface area contributed by atoms with Crippen molar-refractivity contribution in [2.45, 2.75) is 44.2 Å². The van der Waals surface area contributed by atoms with Gasteiger partial charge in [0.1, 0.15) is 6.26 Å². The maximum absolute atomic E-state index is 13.2. The van der Waals surface area contributed by atoms with Crippen molar-refractivity contribution >= 4 is 6.03 Å². The van der Waals surface area contributed by atoms with E-state index in [2.05, 4.69) is 4.98 Å². The average Bonchev–Trinajstić information content (AvgIpc) is 3.29. The molecule has 2 aliphatic heterocycles. The fourth-order valence-electron chi connectivity index (χ4n) is 4.33. The van der Waals surface area contributed by atoms with E-state index in [1.165, 1.54) is 12.1 Å². The number of hydrogen-bond acceptors (Lipinski definition) is 4. The molecule has 3 heterocycles. The highest BCUT2D eigenvalue weighted by Gasteiger charge is 2.37. The first-order valence-corrected chi connectivity index (χ1v) is 11.0.